The van der Waals surface area contributed by atoms with Crippen LogP contribution in [0.15, 0.2) is 48.5 Å². The summed E-state index contributed by atoms with van der Waals surface area (Å²) >= 11 is 0. The van der Waals surface area contributed by atoms with Crippen LogP contribution in [0.5, 0.6) is 5.75 Å². The van der Waals surface area contributed by atoms with Gasteiger partial charge in [-0.3, -0.25) is 19.3 Å². The zero-order chi connectivity index (χ0) is 29.5. The normalized spacial score (nSPS) is 18.5. The standard InChI is InChI=1S/C30H38N6O5/c1-19-10-11-23-16-26(19)41-15-13-31-27(38)18-35(14-12-32-30(40)28(22(4)37)33-29(23)39)17-25-20(2)34-36(21(25)3)24-8-6-5-7-9-24/h5-11,16,22,28,37H,12-15,17-18H2,1-4H3,(H,31,38)(H,32,40)(H,33,39)/t22-,28+/m1/s1. The number of nitrogens with zero attached hydrogens (tertiary/aromatic N) is 3. The molecule has 0 fully saturated rings. The van der Waals surface area contributed by atoms with Gasteiger partial charge in [-0.05, 0) is 57.5 Å². The fourth-order valence-electron chi connectivity index (χ4n) is 4.75. The Bertz CT molecular complexity index is 1390. The summed E-state index contributed by atoms with van der Waals surface area (Å²) in [5.74, 6) is -0.706. The van der Waals surface area contributed by atoms with Gasteiger partial charge in [-0.1, -0.05) is 24.3 Å². The van der Waals surface area contributed by atoms with Crippen LogP contribution in [0.4, 0.5) is 0 Å². The molecule has 0 spiro atoms. The molecule has 0 saturated carbocycles. The number of aliphatic hydroxyl groups is 1. The van der Waals surface area contributed by atoms with Crippen LogP contribution in [0, 0.1) is 20.8 Å². The van der Waals surface area contributed by atoms with Crippen molar-refractivity contribution >= 4 is 17.7 Å². The summed E-state index contributed by atoms with van der Waals surface area (Å²) in [7, 11) is 0. The molecular formula is C30H38N6O5. The van der Waals surface area contributed by atoms with Crippen LogP contribution in [-0.2, 0) is 16.1 Å². The molecule has 41 heavy (non-hydrogen) atoms. The number of carbonyl (C=O) groups is 3. The van der Waals surface area contributed by atoms with Crippen molar-refractivity contribution in [2.75, 3.05) is 32.8 Å². The van der Waals surface area contributed by atoms with Gasteiger partial charge in [0.15, 0.2) is 0 Å². The molecule has 0 radical (unpaired) electrons. The van der Waals surface area contributed by atoms with Crippen LogP contribution >= 0.6 is 0 Å². The van der Waals surface area contributed by atoms with Crippen molar-refractivity contribution < 1.29 is 24.2 Å². The zero-order valence-corrected chi connectivity index (χ0v) is 23.9. The van der Waals surface area contributed by atoms with Gasteiger partial charge in [0.1, 0.15) is 18.4 Å². The number of aryl methyl sites for hydroxylation is 2. The molecule has 0 unspecified atom stereocenters. The molecular weight excluding hydrogens is 524 g/mol. The fourth-order valence-corrected chi connectivity index (χ4v) is 4.75. The van der Waals surface area contributed by atoms with E-state index in [1.165, 1.54) is 6.92 Å². The van der Waals surface area contributed by atoms with Crippen molar-refractivity contribution in [3.63, 3.8) is 0 Å². The van der Waals surface area contributed by atoms with E-state index < -0.39 is 24.0 Å². The van der Waals surface area contributed by atoms with E-state index in [0.29, 0.717) is 24.4 Å². The third-order valence-electron chi connectivity index (χ3n) is 7.10. The lowest BCUT2D eigenvalue weighted by Crippen LogP contribution is -2.53. The van der Waals surface area contributed by atoms with Crippen molar-refractivity contribution in [1.29, 1.82) is 0 Å². The molecule has 11 nitrogen and oxygen atoms in total. The highest BCUT2D eigenvalue weighted by Crippen LogP contribution is 2.21. The highest BCUT2D eigenvalue weighted by molar-refractivity contribution is 5.98. The second-order valence-electron chi connectivity index (χ2n) is 10.3. The Morgan fingerprint density at radius 3 is 2.54 bits per heavy atom. The van der Waals surface area contributed by atoms with E-state index in [4.69, 9.17) is 9.84 Å². The van der Waals surface area contributed by atoms with Crippen LogP contribution in [-0.4, -0.2) is 82.4 Å². The van der Waals surface area contributed by atoms with Gasteiger partial charge < -0.3 is 25.8 Å². The minimum Gasteiger partial charge on any atom is -0.491 e. The number of fused-ring (bicyclic) bond motifs is 2. The van der Waals surface area contributed by atoms with E-state index in [0.717, 1.165) is 28.2 Å². The van der Waals surface area contributed by atoms with Crippen molar-refractivity contribution in [2.45, 2.75) is 46.4 Å². The minimum absolute atomic E-state index is 0.0936. The van der Waals surface area contributed by atoms with Gasteiger partial charge in [0, 0.05) is 36.5 Å². The second-order valence-corrected chi connectivity index (χ2v) is 10.3. The van der Waals surface area contributed by atoms with Crippen molar-refractivity contribution in [3.8, 4) is 11.4 Å². The molecule has 0 saturated heterocycles. The number of ether oxygens (including phenoxy) is 1. The molecule has 3 aromatic rings. The SMILES string of the molecule is Cc1ccc2cc1OCCNC(=O)CN(Cc1c(C)nn(-c3ccccc3)c1C)CCNC(=O)[C@H]([C@@H](C)O)NC2=O. The van der Waals surface area contributed by atoms with Gasteiger partial charge in [-0.2, -0.15) is 5.10 Å². The summed E-state index contributed by atoms with van der Waals surface area (Å²) in [6, 6.07) is 13.6. The first kappa shape index (κ1) is 29.8. The van der Waals surface area contributed by atoms with Crippen LogP contribution in [0.3, 0.4) is 0 Å². The average molecular weight is 563 g/mol. The highest BCUT2D eigenvalue weighted by Gasteiger charge is 2.27. The Morgan fingerprint density at radius 2 is 1.80 bits per heavy atom. The Labute approximate surface area is 239 Å². The lowest BCUT2D eigenvalue weighted by molar-refractivity contribution is -0.125. The molecule has 1 aliphatic rings. The predicted octanol–water partition coefficient (Wildman–Crippen LogP) is 1.40. The number of para-hydroxylation sites is 1. The smallest absolute Gasteiger partial charge is 0.252 e. The number of rotatable bonds is 4. The maximum absolute atomic E-state index is 13.0. The number of carbonyl (C=O) groups excluding carboxylic acids is 3. The first-order valence-corrected chi connectivity index (χ1v) is 13.7. The van der Waals surface area contributed by atoms with E-state index in [9.17, 15) is 19.5 Å². The predicted molar refractivity (Wildman–Crippen MR) is 154 cm³/mol. The maximum atomic E-state index is 13.0. The lowest BCUT2D eigenvalue weighted by atomic mass is 10.1. The van der Waals surface area contributed by atoms with Crippen LogP contribution < -0.4 is 20.7 Å². The number of aliphatic hydroxyl groups excluding tert-OH is 1. The summed E-state index contributed by atoms with van der Waals surface area (Å²) in [6.45, 7) is 8.82. The molecule has 4 rings (SSSR count). The molecule has 2 atom stereocenters. The quantitative estimate of drug-likeness (QED) is 0.377. The summed E-state index contributed by atoms with van der Waals surface area (Å²) in [5, 5.41) is 23.3. The average Bonchev–Trinajstić information content (AvgIpc) is 3.22. The molecule has 1 aromatic heterocycles. The summed E-state index contributed by atoms with van der Waals surface area (Å²) in [4.78, 5) is 40.8. The third kappa shape index (κ3) is 7.50. The van der Waals surface area contributed by atoms with E-state index in [-0.39, 0.29) is 32.1 Å². The number of amides is 3. The van der Waals surface area contributed by atoms with Crippen molar-refractivity contribution in [1.82, 2.24) is 30.6 Å². The topological polar surface area (TPSA) is 138 Å². The summed E-state index contributed by atoms with van der Waals surface area (Å²) in [5.41, 5.74) is 4.87. The van der Waals surface area contributed by atoms with Gasteiger partial charge in [0.05, 0.1) is 30.6 Å². The van der Waals surface area contributed by atoms with Gasteiger partial charge in [0.25, 0.3) is 5.91 Å². The highest BCUT2D eigenvalue weighted by atomic mass is 16.5. The van der Waals surface area contributed by atoms with E-state index in [1.807, 2.05) is 60.7 Å². The van der Waals surface area contributed by atoms with Gasteiger partial charge in [-0.25, -0.2) is 4.68 Å². The third-order valence-corrected chi connectivity index (χ3v) is 7.10. The summed E-state index contributed by atoms with van der Waals surface area (Å²) in [6.07, 6.45) is -1.13. The molecule has 2 aromatic carbocycles. The van der Waals surface area contributed by atoms with Crippen LogP contribution in [0.2, 0.25) is 0 Å². The lowest BCUT2D eigenvalue weighted by Gasteiger charge is -2.24. The first-order chi connectivity index (χ1) is 19.6. The second kappa shape index (κ2) is 13.4. The minimum atomic E-state index is -1.16. The zero-order valence-electron chi connectivity index (χ0n) is 23.9. The number of benzene rings is 2. The Balaban J connectivity index is 1.55. The number of nitrogens with one attached hydrogen (secondary N) is 3. The van der Waals surface area contributed by atoms with Crippen molar-refractivity contribution in [2.24, 2.45) is 0 Å². The van der Waals surface area contributed by atoms with Crippen LogP contribution in [0.25, 0.3) is 5.69 Å². The Morgan fingerprint density at radius 1 is 1.05 bits per heavy atom. The van der Waals surface area contributed by atoms with Crippen LogP contribution in [0.1, 0.15) is 39.8 Å². The monoisotopic (exact) mass is 562 g/mol. The Hall–Kier alpha value is -4.22. The maximum Gasteiger partial charge on any atom is 0.252 e. The molecule has 0 aliphatic carbocycles. The molecule has 218 valence electrons. The molecule has 2 bridgehead atoms. The molecule has 2 heterocycles. The molecule has 3 amide bonds. The first-order valence-electron chi connectivity index (χ1n) is 13.7. The van der Waals surface area contributed by atoms with E-state index >= 15 is 0 Å². The van der Waals surface area contributed by atoms with Gasteiger partial charge in [0.2, 0.25) is 11.8 Å². The fraction of sp³-hybridized carbons (Fsp3) is 0.400. The van der Waals surface area contributed by atoms with Crippen molar-refractivity contribution in [3.05, 3.63) is 76.6 Å². The van der Waals surface area contributed by atoms with Gasteiger partial charge in [-0.15, -0.1) is 0 Å². The van der Waals surface area contributed by atoms with E-state index in [2.05, 4.69) is 16.0 Å². The number of hydrogen-bond acceptors (Lipinski definition) is 7. The van der Waals surface area contributed by atoms with E-state index in [1.54, 1.807) is 18.2 Å². The molecule has 4 N–H and O–H groups in total. The Kier molecular flexibility index (Phi) is 9.74. The van der Waals surface area contributed by atoms with Gasteiger partial charge >= 0.3 is 0 Å². The largest absolute Gasteiger partial charge is 0.491 e. The molecule has 1 aliphatic heterocycles. The summed E-state index contributed by atoms with van der Waals surface area (Å²) < 4.78 is 7.73. The number of aromatic nitrogens is 2. The molecule has 11 heteroatoms. The number of hydrogen-bond donors (Lipinski definition) is 4.